The zero-order valence-electron chi connectivity index (χ0n) is 12.3. The maximum Gasteiger partial charge on any atom is 0.341 e. The number of alkyl halides is 2. The number of amides is 3. The number of pyridine rings is 1. The van der Waals surface area contributed by atoms with Crippen molar-refractivity contribution >= 4 is 29.7 Å². The summed E-state index contributed by atoms with van der Waals surface area (Å²) in [5.41, 5.74) is -0.183. The van der Waals surface area contributed by atoms with Crippen molar-refractivity contribution in [3.05, 3.63) is 23.9 Å². The summed E-state index contributed by atoms with van der Waals surface area (Å²) in [7, 11) is 0. The van der Waals surface area contributed by atoms with E-state index in [1.165, 1.54) is 18.3 Å². The highest BCUT2D eigenvalue weighted by atomic mass is 32.2. The van der Waals surface area contributed by atoms with Crippen LogP contribution in [0.3, 0.4) is 0 Å². The van der Waals surface area contributed by atoms with Crippen molar-refractivity contribution in [2.75, 3.05) is 6.61 Å². The molecule has 2 N–H and O–H groups in total. The standard InChI is InChI=1S/C13H15F2N3O4S/c1-7(2)17-13(21)18-9(19)6-22-11(20)8-4-3-5-16-10(8)23-12(14)15/h3-5,7,12H,6H2,1-2H3,(H2,17,18,19,21). The maximum absolute atomic E-state index is 12.4. The van der Waals surface area contributed by atoms with E-state index in [1.54, 1.807) is 13.8 Å². The van der Waals surface area contributed by atoms with Crippen molar-refractivity contribution in [3.8, 4) is 0 Å². The molecule has 0 saturated carbocycles. The molecule has 126 valence electrons. The highest BCUT2D eigenvalue weighted by Gasteiger charge is 2.19. The van der Waals surface area contributed by atoms with Crippen LogP contribution >= 0.6 is 11.8 Å². The number of hydrogen-bond donors (Lipinski definition) is 2. The molecule has 0 radical (unpaired) electrons. The number of ether oxygens (including phenoxy) is 1. The molecule has 0 saturated heterocycles. The number of carbonyl (C=O) groups is 3. The number of imide groups is 1. The van der Waals surface area contributed by atoms with E-state index in [0.717, 1.165) is 0 Å². The third-order valence-electron chi connectivity index (χ3n) is 2.20. The fourth-order valence-electron chi connectivity index (χ4n) is 1.39. The van der Waals surface area contributed by atoms with Crippen LogP contribution in [0.4, 0.5) is 13.6 Å². The Bertz CT molecular complexity index is 584. The third kappa shape index (κ3) is 7.04. The van der Waals surface area contributed by atoms with E-state index in [-0.39, 0.29) is 28.4 Å². The minimum Gasteiger partial charge on any atom is -0.452 e. The molecule has 0 aliphatic rings. The highest BCUT2D eigenvalue weighted by Crippen LogP contribution is 2.26. The average Bonchev–Trinajstić information content (AvgIpc) is 2.43. The molecule has 3 amide bonds. The van der Waals surface area contributed by atoms with Gasteiger partial charge in [-0.05, 0) is 37.7 Å². The lowest BCUT2D eigenvalue weighted by atomic mass is 10.3. The molecule has 7 nitrogen and oxygen atoms in total. The zero-order chi connectivity index (χ0) is 17.4. The van der Waals surface area contributed by atoms with Crippen LogP contribution in [-0.2, 0) is 9.53 Å². The predicted molar refractivity (Wildman–Crippen MR) is 78.2 cm³/mol. The summed E-state index contributed by atoms with van der Waals surface area (Å²) in [5, 5.41) is 4.17. The second kappa shape index (κ2) is 9.03. The molecule has 1 aromatic rings. The first-order chi connectivity index (χ1) is 10.8. The normalized spacial score (nSPS) is 10.5. The smallest absolute Gasteiger partial charge is 0.341 e. The highest BCUT2D eigenvalue weighted by molar-refractivity contribution is 7.99. The van der Waals surface area contributed by atoms with Gasteiger partial charge in [0.15, 0.2) is 6.61 Å². The number of nitrogens with one attached hydrogen (secondary N) is 2. The number of urea groups is 1. The molecule has 1 rings (SSSR count). The lowest BCUT2D eigenvalue weighted by Crippen LogP contribution is -2.44. The van der Waals surface area contributed by atoms with Crippen LogP contribution in [0.25, 0.3) is 0 Å². The Kier molecular flexibility index (Phi) is 7.39. The number of esters is 1. The summed E-state index contributed by atoms with van der Waals surface area (Å²) in [6.45, 7) is 2.68. The van der Waals surface area contributed by atoms with Crippen LogP contribution in [-0.4, -0.2) is 41.3 Å². The van der Waals surface area contributed by atoms with Gasteiger partial charge < -0.3 is 10.1 Å². The monoisotopic (exact) mass is 347 g/mol. The summed E-state index contributed by atoms with van der Waals surface area (Å²) in [4.78, 5) is 38.2. The van der Waals surface area contributed by atoms with Gasteiger partial charge in [-0.3, -0.25) is 10.1 Å². The van der Waals surface area contributed by atoms with E-state index in [2.05, 4.69) is 15.0 Å². The first-order valence-electron chi connectivity index (χ1n) is 6.47. The van der Waals surface area contributed by atoms with Gasteiger partial charge in [0.05, 0.1) is 5.56 Å². The second-order valence-electron chi connectivity index (χ2n) is 4.49. The zero-order valence-corrected chi connectivity index (χ0v) is 13.2. The van der Waals surface area contributed by atoms with E-state index in [4.69, 9.17) is 0 Å². The number of aromatic nitrogens is 1. The average molecular weight is 347 g/mol. The molecule has 23 heavy (non-hydrogen) atoms. The molecule has 1 aromatic heterocycles. The fraction of sp³-hybridized carbons (Fsp3) is 0.385. The molecule has 0 aromatic carbocycles. The largest absolute Gasteiger partial charge is 0.452 e. The molecule has 0 aliphatic carbocycles. The quantitative estimate of drug-likeness (QED) is 0.601. The van der Waals surface area contributed by atoms with Gasteiger partial charge in [0.25, 0.3) is 11.7 Å². The van der Waals surface area contributed by atoms with Crippen molar-refractivity contribution in [2.45, 2.75) is 30.7 Å². The topological polar surface area (TPSA) is 97.4 Å². The number of thioether (sulfide) groups is 1. The van der Waals surface area contributed by atoms with Gasteiger partial charge in [0, 0.05) is 12.2 Å². The molecular weight excluding hydrogens is 332 g/mol. The summed E-state index contributed by atoms with van der Waals surface area (Å²) >= 11 is 0.0952. The van der Waals surface area contributed by atoms with Gasteiger partial charge in [-0.2, -0.15) is 8.78 Å². The molecular formula is C13H15F2N3O4S. The first-order valence-corrected chi connectivity index (χ1v) is 7.35. The minimum atomic E-state index is -2.75. The number of rotatable bonds is 6. The Labute approximate surface area is 135 Å². The fourth-order valence-corrected chi connectivity index (χ4v) is 1.96. The van der Waals surface area contributed by atoms with Gasteiger partial charge >= 0.3 is 12.0 Å². The SMILES string of the molecule is CC(C)NC(=O)NC(=O)COC(=O)c1cccnc1SC(F)F. The van der Waals surface area contributed by atoms with Crippen molar-refractivity contribution in [1.82, 2.24) is 15.6 Å². The van der Waals surface area contributed by atoms with Crippen molar-refractivity contribution in [2.24, 2.45) is 0 Å². The van der Waals surface area contributed by atoms with Gasteiger partial charge in [0.1, 0.15) is 5.03 Å². The van der Waals surface area contributed by atoms with Crippen LogP contribution in [0.1, 0.15) is 24.2 Å². The van der Waals surface area contributed by atoms with Crippen LogP contribution in [0, 0.1) is 0 Å². The van der Waals surface area contributed by atoms with Gasteiger partial charge in [-0.15, -0.1) is 0 Å². The molecule has 0 bridgehead atoms. The van der Waals surface area contributed by atoms with Gasteiger partial charge in [-0.25, -0.2) is 14.6 Å². The molecule has 1 heterocycles. The van der Waals surface area contributed by atoms with Crippen molar-refractivity contribution in [1.29, 1.82) is 0 Å². The number of halogens is 2. The second-order valence-corrected chi connectivity index (χ2v) is 5.47. The molecule has 0 aliphatic heterocycles. The van der Waals surface area contributed by atoms with Gasteiger partial charge in [0.2, 0.25) is 0 Å². The Morgan fingerprint density at radius 3 is 2.65 bits per heavy atom. The Balaban J connectivity index is 2.57. The summed E-state index contributed by atoms with van der Waals surface area (Å²) < 4.78 is 29.5. The van der Waals surface area contributed by atoms with Crippen LogP contribution in [0.15, 0.2) is 23.4 Å². The molecule has 10 heteroatoms. The van der Waals surface area contributed by atoms with Crippen molar-refractivity contribution in [3.63, 3.8) is 0 Å². The van der Waals surface area contributed by atoms with Crippen LogP contribution in [0.5, 0.6) is 0 Å². The number of hydrogen-bond acceptors (Lipinski definition) is 6. The molecule has 0 spiro atoms. The minimum absolute atomic E-state index is 0.0952. The van der Waals surface area contributed by atoms with Crippen LogP contribution < -0.4 is 10.6 Å². The van der Waals surface area contributed by atoms with E-state index in [1.807, 2.05) is 5.32 Å². The Morgan fingerprint density at radius 2 is 2.04 bits per heavy atom. The van der Waals surface area contributed by atoms with Gasteiger partial charge in [-0.1, -0.05) is 0 Å². The predicted octanol–water partition coefficient (Wildman–Crippen LogP) is 1.79. The van der Waals surface area contributed by atoms with E-state index in [9.17, 15) is 23.2 Å². The van der Waals surface area contributed by atoms with E-state index >= 15 is 0 Å². The van der Waals surface area contributed by atoms with E-state index < -0.39 is 30.3 Å². The Hall–Kier alpha value is -2.23. The lowest BCUT2D eigenvalue weighted by Gasteiger charge is -2.10. The summed E-state index contributed by atoms with van der Waals surface area (Å²) in [5.74, 6) is -4.58. The molecule has 0 atom stereocenters. The third-order valence-corrected chi connectivity index (χ3v) is 2.93. The maximum atomic E-state index is 12.4. The van der Waals surface area contributed by atoms with E-state index in [0.29, 0.717) is 0 Å². The summed E-state index contributed by atoms with van der Waals surface area (Å²) in [6, 6.07) is 1.73. The van der Waals surface area contributed by atoms with Crippen LogP contribution in [0.2, 0.25) is 0 Å². The van der Waals surface area contributed by atoms with Crippen molar-refractivity contribution < 1.29 is 27.9 Å². The Morgan fingerprint density at radius 1 is 1.35 bits per heavy atom. The summed E-state index contributed by atoms with van der Waals surface area (Å²) in [6.07, 6.45) is 1.25. The molecule has 0 unspecified atom stereocenters. The number of nitrogens with zero attached hydrogens (tertiary/aromatic N) is 1. The first kappa shape index (κ1) is 18.8. The molecule has 0 fully saturated rings. The number of carbonyl (C=O) groups excluding carboxylic acids is 3. The lowest BCUT2D eigenvalue weighted by molar-refractivity contribution is -0.123.